The lowest BCUT2D eigenvalue weighted by Crippen LogP contribution is -2.13. The molecule has 1 aromatic carbocycles. The number of alkyl halides is 2. The van der Waals surface area contributed by atoms with Crippen molar-refractivity contribution in [2.45, 2.75) is 20.3 Å². The first-order valence-electron chi connectivity index (χ1n) is 7.61. The number of imidazole rings is 1. The summed E-state index contributed by atoms with van der Waals surface area (Å²) in [6.07, 6.45) is 0.197. The van der Waals surface area contributed by atoms with E-state index in [-0.39, 0.29) is 5.56 Å². The standard InChI is InChI=1S/C17H17F2N5O/c1-10-11(2)24(9-20-10)13-6-4-12(5-7-13)21-17(25)14-8-23(3)22-15(14)16(18)19/h4-9,16H,1-3H3,(H,21,25). The van der Waals surface area contributed by atoms with Gasteiger partial charge in [-0.05, 0) is 38.1 Å². The van der Waals surface area contributed by atoms with Crippen LogP contribution in [0.3, 0.4) is 0 Å². The van der Waals surface area contributed by atoms with Crippen LogP contribution in [-0.4, -0.2) is 25.2 Å². The molecule has 1 amide bonds. The summed E-state index contributed by atoms with van der Waals surface area (Å²) in [6.45, 7) is 3.89. The highest BCUT2D eigenvalue weighted by atomic mass is 19.3. The predicted molar refractivity (Wildman–Crippen MR) is 89.2 cm³/mol. The maximum absolute atomic E-state index is 13.0. The van der Waals surface area contributed by atoms with Crippen molar-refractivity contribution in [3.8, 4) is 5.69 Å². The molecule has 0 bridgehead atoms. The molecule has 0 fully saturated rings. The highest BCUT2D eigenvalue weighted by Gasteiger charge is 2.22. The molecule has 6 nitrogen and oxygen atoms in total. The summed E-state index contributed by atoms with van der Waals surface area (Å²) in [4.78, 5) is 16.5. The summed E-state index contributed by atoms with van der Waals surface area (Å²) in [5, 5.41) is 6.25. The number of carbonyl (C=O) groups excluding carboxylic acids is 1. The van der Waals surface area contributed by atoms with Crippen LogP contribution in [0.1, 0.15) is 33.9 Å². The van der Waals surface area contributed by atoms with Crippen molar-refractivity contribution in [1.82, 2.24) is 19.3 Å². The summed E-state index contributed by atoms with van der Waals surface area (Å²) in [5.74, 6) is -0.620. The molecule has 0 spiro atoms. The maximum atomic E-state index is 13.0. The monoisotopic (exact) mass is 345 g/mol. The van der Waals surface area contributed by atoms with Gasteiger partial charge in [-0.25, -0.2) is 13.8 Å². The third-order valence-electron chi connectivity index (χ3n) is 3.96. The molecule has 0 radical (unpaired) electrons. The molecule has 3 aromatic rings. The van der Waals surface area contributed by atoms with E-state index in [1.54, 1.807) is 18.5 Å². The number of amides is 1. The fraction of sp³-hybridized carbons (Fsp3) is 0.235. The molecule has 2 heterocycles. The van der Waals surface area contributed by atoms with Crippen LogP contribution in [0.5, 0.6) is 0 Å². The van der Waals surface area contributed by atoms with E-state index < -0.39 is 18.0 Å². The van der Waals surface area contributed by atoms with Gasteiger partial charge in [0.1, 0.15) is 5.69 Å². The van der Waals surface area contributed by atoms with Crippen LogP contribution in [0.15, 0.2) is 36.8 Å². The van der Waals surface area contributed by atoms with Crippen molar-refractivity contribution in [2.24, 2.45) is 7.05 Å². The molecule has 0 saturated heterocycles. The van der Waals surface area contributed by atoms with Crippen molar-refractivity contribution >= 4 is 11.6 Å². The lowest BCUT2D eigenvalue weighted by Gasteiger charge is -2.08. The van der Waals surface area contributed by atoms with E-state index in [9.17, 15) is 13.6 Å². The van der Waals surface area contributed by atoms with Gasteiger partial charge in [0.25, 0.3) is 12.3 Å². The van der Waals surface area contributed by atoms with Crippen LogP contribution in [0.4, 0.5) is 14.5 Å². The van der Waals surface area contributed by atoms with Gasteiger partial charge < -0.3 is 9.88 Å². The Balaban J connectivity index is 1.80. The molecule has 0 aliphatic heterocycles. The first-order chi connectivity index (χ1) is 11.9. The Bertz CT molecular complexity index is 912. The lowest BCUT2D eigenvalue weighted by atomic mass is 10.2. The van der Waals surface area contributed by atoms with E-state index in [1.807, 2.05) is 30.5 Å². The molecule has 25 heavy (non-hydrogen) atoms. The zero-order valence-corrected chi connectivity index (χ0v) is 14.0. The Morgan fingerprint density at radius 3 is 2.44 bits per heavy atom. The van der Waals surface area contributed by atoms with E-state index >= 15 is 0 Å². The minimum absolute atomic E-state index is 0.136. The van der Waals surface area contributed by atoms with E-state index in [0.29, 0.717) is 5.69 Å². The Labute approximate surface area is 143 Å². The number of anilines is 1. The van der Waals surface area contributed by atoms with Crippen LogP contribution in [-0.2, 0) is 7.05 Å². The fourth-order valence-electron chi connectivity index (χ4n) is 2.50. The van der Waals surface area contributed by atoms with Gasteiger partial charge in [-0.1, -0.05) is 0 Å². The van der Waals surface area contributed by atoms with Crippen molar-refractivity contribution < 1.29 is 13.6 Å². The largest absolute Gasteiger partial charge is 0.322 e. The number of hydrogen-bond donors (Lipinski definition) is 1. The van der Waals surface area contributed by atoms with Crippen LogP contribution in [0.2, 0.25) is 0 Å². The molecule has 0 saturated carbocycles. The third kappa shape index (κ3) is 3.28. The number of aryl methyl sites for hydroxylation is 2. The van der Waals surface area contributed by atoms with Gasteiger partial charge in [-0.2, -0.15) is 5.10 Å². The number of rotatable bonds is 4. The van der Waals surface area contributed by atoms with Gasteiger partial charge in [0, 0.05) is 30.3 Å². The summed E-state index contributed by atoms with van der Waals surface area (Å²) >= 11 is 0. The molecule has 0 unspecified atom stereocenters. The number of carbonyl (C=O) groups is 1. The van der Waals surface area contributed by atoms with Crippen molar-refractivity contribution in [3.05, 3.63) is 59.4 Å². The number of halogens is 2. The Kier molecular flexibility index (Phi) is 4.35. The second-order valence-electron chi connectivity index (χ2n) is 5.69. The van der Waals surface area contributed by atoms with Gasteiger partial charge in [0.05, 0.1) is 17.6 Å². The van der Waals surface area contributed by atoms with Crippen LogP contribution in [0.25, 0.3) is 5.69 Å². The number of hydrogen-bond acceptors (Lipinski definition) is 3. The average Bonchev–Trinajstić information content (AvgIpc) is 3.12. The van der Waals surface area contributed by atoms with Gasteiger partial charge in [-0.15, -0.1) is 0 Å². The molecule has 1 N–H and O–H groups in total. The van der Waals surface area contributed by atoms with Crippen molar-refractivity contribution in [1.29, 1.82) is 0 Å². The minimum atomic E-state index is -2.81. The quantitative estimate of drug-likeness (QED) is 0.788. The van der Waals surface area contributed by atoms with E-state index in [2.05, 4.69) is 15.4 Å². The van der Waals surface area contributed by atoms with Gasteiger partial charge in [0.15, 0.2) is 0 Å². The Morgan fingerprint density at radius 1 is 1.20 bits per heavy atom. The van der Waals surface area contributed by atoms with E-state index in [1.165, 1.54) is 17.9 Å². The third-order valence-corrected chi connectivity index (χ3v) is 3.96. The zero-order chi connectivity index (χ0) is 18.1. The Hall–Kier alpha value is -3.03. The molecule has 0 aliphatic carbocycles. The second-order valence-corrected chi connectivity index (χ2v) is 5.69. The molecule has 3 rings (SSSR count). The summed E-state index contributed by atoms with van der Waals surface area (Å²) in [7, 11) is 1.49. The number of benzene rings is 1. The average molecular weight is 345 g/mol. The highest BCUT2D eigenvalue weighted by Crippen LogP contribution is 2.22. The molecule has 0 aliphatic rings. The van der Waals surface area contributed by atoms with Crippen LogP contribution in [0, 0.1) is 13.8 Å². The van der Waals surface area contributed by atoms with Gasteiger partial charge in [0.2, 0.25) is 0 Å². The van der Waals surface area contributed by atoms with Gasteiger partial charge in [-0.3, -0.25) is 9.48 Å². The smallest absolute Gasteiger partial charge is 0.282 e. The fourth-order valence-corrected chi connectivity index (χ4v) is 2.50. The maximum Gasteiger partial charge on any atom is 0.282 e. The number of nitrogens with one attached hydrogen (secondary N) is 1. The number of aromatic nitrogens is 4. The molecule has 0 atom stereocenters. The van der Waals surface area contributed by atoms with Crippen LogP contribution >= 0.6 is 0 Å². The predicted octanol–water partition coefficient (Wildman–Crippen LogP) is 3.41. The summed E-state index contributed by atoms with van der Waals surface area (Å²) in [6, 6.07) is 7.06. The topological polar surface area (TPSA) is 64.7 Å². The van der Waals surface area contributed by atoms with Crippen LogP contribution < -0.4 is 5.32 Å². The molecule has 2 aromatic heterocycles. The zero-order valence-electron chi connectivity index (χ0n) is 14.0. The van der Waals surface area contributed by atoms with Crippen molar-refractivity contribution in [2.75, 3.05) is 5.32 Å². The SMILES string of the molecule is Cc1ncn(-c2ccc(NC(=O)c3cn(C)nc3C(F)F)cc2)c1C. The first kappa shape index (κ1) is 16.8. The molecular weight excluding hydrogens is 328 g/mol. The molecular formula is C17H17F2N5O. The van der Waals surface area contributed by atoms with Crippen molar-refractivity contribution in [3.63, 3.8) is 0 Å². The summed E-state index contributed by atoms with van der Waals surface area (Å²) in [5.41, 5.74) is 2.70. The highest BCUT2D eigenvalue weighted by molar-refractivity contribution is 6.05. The van der Waals surface area contributed by atoms with Gasteiger partial charge >= 0.3 is 0 Å². The second kappa shape index (κ2) is 6.46. The van der Waals surface area contributed by atoms with E-state index in [4.69, 9.17) is 0 Å². The first-order valence-corrected chi connectivity index (χ1v) is 7.61. The normalized spacial score (nSPS) is 11.1. The summed E-state index contributed by atoms with van der Waals surface area (Å²) < 4.78 is 29.0. The van der Waals surface area contributed by atoms with E-state index in [0.717, 1.165) is 17.1 Å². The minimum Gasteiger partial charge on any atom is -0.322 e. The molecule has 8 heteroatoms. The Morgan fingerprint density at radius 2 is 1.88 bits per heavy atom. The lowest BCUT2D eigenvalue weighted by molar-refractivity contribution is 0.101. The number of nitrogens with zero attached hydrogens (tertiary/aromatic N) is 4. The molecule has 130 valence electrons.